The van der Waals surface area contributed by atoms with Gasteiger partial charge in [-0.2, -0.15) is 0 Å². The highest BCUT2D eigenvalue weighted by molar-refractivity contribution is 6.99. The van der Waals surface area contributed by atoms with E-state index in [0.29, 0.717) is 5.88 Å². The van der Waals surface area contributed by atoms with Gasteiger partial charge >= 0.3 is 0 Å². The van der Waals surface area contributed by atoms with Crippen LogP contribution in [0.1, 0.15) is 76.6 Å². The molecule has 0 fully saturated rings. The van der Waals surface area contributed by atoms with Crippen LogP contribution in [0, 0.1) is 0 Å². The van der Waals surface area contributed by atoms with Crippen LogP contribution >= 0.6 is 0 Å². The maximum Gasteiger partial charge on any atom is 0.260 e. The third-order valence-corrected chi connectivity index (χ3v) is 13.5. The molecule has 0 bridgehead atoms. The highest BCUT2D eigenvalue weighted by Gasteiger charge is 2.48. The summed E-state index contributed by atoms with van der Waals surface area (Å²) in [4.78, 5) is 14.6. The first kappa shape index (κ1) is 34.1. The van der Waals surface area contributed by atoms with Crippen molar-refractivity contribution in [2.45, 2.75) is 70.6 Å². The molecule has 4 aliphatic rings. The smallest absolute Gasteiger partial charge is 0.260 e. The Labute approximate surface area is 336 Å². The minimum absolute atomic E-state index is 0.0520. The number of para-hydroxylation sites is 3. The van der Waals surface area contributed by atoms with E-state index in [0.717, 1.165) is 58.3 Å². The molecule has 7 aromatic rings. The van der Waals surface area contributed by atoms with Crippen LogP contribution in [0.15, 0.2) is 140 Å². The number of ether oxygens (including phenoxy) is 1. The Bertz CT molecular complexity index is 2720. The average Bonchev–Trinajstić information content (AvgIpc) is 3.44. The standard InChI is InChI=1S/C51H45BN4O/c1-49(2)24-25-50(3,4)41-30-45-43(29-40(41)49)52-42-28-39-37(27-44(42)56(34-20-14-9-15-21-34)47-46(52)48(57-45)54-31-53-47)36-23-22-35(26-38(36)51(39,5)6)55(32-16-10-7-11-17-32)33-18-12-8-13-19-33/h7-23,26-31H,24-25H2,1-6H3. The average molecular weight is 741 g/mol. The highest BCUT2D eigenvalue weighted by atomic mass is 16.5. The molecule has 0 saturated heterocycles. The third kappa shape index (κ3) is 4.95. The van der Waals surface area contributed by atoms with Crippen molar-refractivity contribution in [2.75, 3.05) is 9.80 Å². The first-order chi connectivity index (χ1) is 27.5. The lowest BCUT2D eigenvalue weighted by molar-refractivity contribution is 0.330. The molecule has 0 spiro atoms. The second kappa shape index (κ2) is 11.9. The number of rotatable bonds is 4. The third-order valence-electron chi connectivity index (χ3n) is 13.5. The molecule has 2 aliphatic heterocycles. The number of fused-ring (bicyclic) bond motifs is 8. The Morgan fingerprint density at radius 1 is 0.579 bits per heavy atom. The molecule has 6 aromatic carbocycles. The summed E-state index contributed by atoms with van der Waals surface area (Å²) in [6, 6.07) is 48.8. The van der Waals surface area contributed by atoms with Crippen molar-refractivity contribution >= 4 is 57.4 Å². The molecule has 6 heteroatoms. The van der Waals surface area contributed by atoms with Gasteiger partial charge in [0.25, 0.3) is 6.71 Å². The fraction of sp³-hybridized carbons (Fsp3) is 0.216. The Balaban J connectivity index is 1.14. The van der Waals surface area contributed by atoms with E-state index in [-0.39, 0.29) is 23.0 Å². The molecule has 0 saturated carbocycles. The summed E-state index contributed by atoms with van der Waals surface area (Å²) in [6.45, 7) is 14.3. The van der Waals surface area contributed by atoms with Crippen LogP contribution in [0.4, 0.5) is 34.3 Å². The monoisotopic (exact) mass is 740 g/mol. The van der Waals surface area contributed by atoms with Crippen LogP contribution in [0.3, 0.4) is 0 Å². The Hall–Kier alpha value is -6.14. The van der Waals surface area contributed by atoms with Gasteiger partial charge in [-0.15, -0.1) is 0 Å². The van der Waals surface area contributed by atoms with Gasteiger partial charge in [-0.25, -0.2) is 9.97 Å². The zero-order chi connectivity index (χ0) is 38.8. The van der Waals surface area contributed by atoms with Crippen LogP contribution in [-0.2, 0) is 16.2 Å². The van der Waals surface area contributed by atoms with Crippen molar-refractivity contribution in [2.24, 2.45) is 0 Å². The largest absolute Gasteiger partial charge is 0.440 e. The predicted octanol–water partition coefficient (Wildman–Crippen LogP) is 11.0. The summed E-state index contributed by atoms with van der Waals surface area (Å²) < 4.78 is 6.86. The van der Waals surface area contributed by atoms with Crippen LogP contribution in [0.5, 0.6) is 11.6 Å². The van der Waals surface area contributed by atoms with Crippen molar-refractivity contribution in [1.29, 1.82) is 0 Å². The number of hydrogen-bond donors (Lipinski definition) is 0. The Morgan fingerprint density at radius 2 is 1.18 bits per heavy atom. The molecule has 0 N–H and O–H groups in total. The van der Waals surface area contributed by atoms with Gasteiger partial charge in [-0.1, -0.05) is 114 Å². The molecule has 0 radical (unpaired) electrons. The van der Waals surface area contributed by atoms with E-state index >= 15 is 0 Å². The first-order valence-corrected chi connectivity index (χ1v) is 20.3. The predicted molar refractivity (Wildman–Crippen MR) is 235 cm³/mol. The van der Waals surface area contributed by atoms with Gasteiger partial charge in [-0.3, -0.25) is 4.90 Å². The van der Waals surface area contributed by atoms with Crippen LogP contribution in [0.25, 0.3) is 11.1 Å². The molecule has 0 amide bonds. The molecule has 278 valence electrons. The zero-order valence-corrected chi connectivity index (χ0v) is 33.5. The number of nitrogens with zero attached hydrogens (tertiary/aromatic N) is 4. The second-order valence-electron chi connectivity index (χ2n) is 18.1. The molecule has 5 nitrogen and oxygen atoms in total. The fourth-order valence-electron chi connectivity index (χ4n) is 10.3. The van der Waals surface area contributed by atoms with E-state index in [1.165, 1.54) is 44.3 Å². The van der Waals surface area contributed by atoms with Gasteiger partial charge in [0.15, 0.2) is 0 Å². The summed E-state index contributed by atoms with van der Waals surface area (Å²) in [5, 5.41) is 0. The molecular formula is C51H45BN4O. The normalized spacial score (nSPS) is 16.9. The van der Waals surface area contributed by atoms with E-state index in [4.69, 9.17) is 14.7 Å². The minimum Gasteiger partial charge on any atom is -0.440 e. The van der Waals surface area contributed by atoms with Gasteiger partial charge in [0.1, 0.15) is 17.9 Å². The Kier molecular flexibility index (Phi) is 7.15. The summed E-state index contributed by atoms with van der Waals surface area (Å²) in [5.74, 6) is 2.43. The number of aromatic nitrogens is 2. The molecular weight excluding hydrogens is 695 g/mol. The summed E-state index contributed by atoms with van der Waals surface area (Å²) in [6.07, 6.45) is 3.96. The lowest BCUT2D eigenvalue weighted by atomic mass is 9.34. The van der Waals surface area contributed by atoms with E-state index in [1.54, 1.807) is 6.33 Å². The molecule has 1 aromatic heterocycles. The van der Waals surface area contributed by atoms with Crippen molar-refractivity contribution in [3.05, 3.63) is 162 Å². The minimum atomic E-state index is -0.265. The zero-order valence-electron chi connectivity index (χ0n) is 33.5. The van der Waals surface area contributed by atoms with Gasteiger partial charge in [0.05, 0.1) is 0 Å². The van der Waals surface area contributed by atoms with Gasteiger partial charge in [0, 0.05) is 39.3 Å². The first-order valence-electron chi connectivity index (χ1n) is 20.3. The van der Waals surface area contributed by atoms with Crippen LogP contribution < -0.4 is 30.9 Å². The maximum atomic E-state index is 6.86. The summed E-state index contributed by atoms with van der Waals surface area (Å²) in [5.41, 5.74) is 17.0. The van der Waals surface area contributed by atoms with E-state index in [1.807, 2.05) is 0 Å². The SMILES string of the molecule is CC1(C)CCC(C)(C)c2cc3c(cc21)Oc1ncnc2c1B3c1cc3c(cc1N2c1ccccc1)-c1ccc(N(c2ccccc2)c2ccccc2)cc1C3(C)C. The molecule has 57 heavy (non-hydrogen) atoms. The number of hydrogen-bond acceptors (Lipinski definition) is 5. The van der Waals surface area contributed by atoms with Crippen LogP contribution in [-0.4, -0.2) is 16.7 Å². The van der Waals surface area contributed by atoms with Crippen molar-refractivity contribution in [3.8, 4) is 22.8 Å². The molecule has 3 heterocycles. The molecule has 0 atom stereocenters. The maximum absolute atomic E-state index is 6.86. The lowest BCUT2D eigenvalue weighted by Gasteiger charge is -2.44. The quantitative estimate of drug-likeness (QED) is 0.168. The Morgan fingerprint density at radius 3 is 1.84 bits per heavy atom. The summed E-state index contributed by atoms with van der Waals surface area (Å²) >= 11 is 0. The number of anilines is 6. The summed E-state index contributed by atoms with van der Waals surface area (Å²) in [7, 11) is 0. The van der Waals surface area contributed by atoms with Crippen LogP contribution in [0.2, 0.25) is 0 Å². The molecule has 2 aliphatic carbocycles. The highest BCUT2D eigenvalue weighted by Crippen LogP contribution is 2.53. The topological polar surface area (TPSA) is 41.5 Å². The van der Waals surface area contributed by atoms with E-state index in [9.17, 15) is 0 Å². The molecule has 11 rings (SSSR count). The number of benzene rings is 6. The second-order valence-corrected chi connectivity index (χ2v) is 18.1. The fourth-order valence-corrected chi connectivity index (χ4v) is 10.3. The van der Waals surface area contributed by atoms with Gasteiger partial charge in [-0.05, 0) is 129 Å². The van der Waals surface area contributed by atoms with Crippen molar-refractivity contribution in [3.63, 3.8) is 0 Å². The van der Waals surface area contributed by atoms with Crippen molar-refractivity contribution in [1.82, 2.24) is 9.97 Å². The van der Waals surface area contributed by atoms with E-state index in [2.05, 4.69) is 185 Å². The lowest BCUT2D eigenvalue weighted by Crippen LogP contribution is -2.60. The molecule has 0 unspecified atom stereocenters. The van der Waals surface area contributed by atoms with Crippen molar-refractivity contribution < 1.29 is 4.74 Å². The van der Waals surface area contributed by atoms with Gasteiger partial charge < -0.3 is 9.64 Å². The van der Waals surface area contributed by atoms with E-state index < -0.39 is 0 Å². The van der Waals surface area contributed by atoms with Gasteiger partial charge in [0.2, 0.25) is 5.88 Å².